The molecule has 21 heavy (non-hydrogen) atoms. The highest BCUT2D eigenvalue weighted by Crippen LogP contribution is 2.44. The Labute approximate surface area is 124 Å². The average Bonchev–Trinajstić information content (AvgIpc) is 3.24. The normalized spacial score (nSPS) is 23.5. The predicted molar refractivity (Wildman–Crippen MR) is 79.9 cm³/mol. The van der Waals surface area contributed by atoms with Crippen LogP contribution in [0.25, 0.3) is 5.57 Å². The molecule has 0 saturated heterocycles. The van der Waals surface area contributed by atoms with Crippen LogP contribution < -0.4 is 9.47 Å². The van der Waals surface area contributed by atoms with E-state index in [0.717, 1.165) is 41.2 Å². The lowest BCUT2D eigenvalue weighted by molar-refractivity contribution is 0.174. The minimum atomic E-state index is 0.286. The van der Waals surface area contributed by atoms with Crippen molar-refractivity contribution in [2.24, 2.45) is 11.1 Å². The molecule has 110 valence electrons. The van der Waals surface area contributed by atoms with E-state index >= 15 is 0 Å². The maximum absolute atomic E-state index is 9.35. The quantitative estimate of drug-likeness (QED) is 0.660. The van der Waals surface area contributed by atoms with Gasteiger partial charge in [0.1, 0.15) is 0 Å². The third kappa shape index (κ3) is 2.09. The molecule has 3 aliphatic rings. The summed E-state index contributed by atoms with van der Waals surface area (Å²) in [5.41, 5.74) is 4.52. The van der Waals surface area contributed by atoms with E-state index in [1.54, 1.807) is 0 Å². The molecule has 1 aromatic rings. The minimum absolute atomic E-state index is 0.286. The number of fused-ring (bicyclic) bond motifs is 1. The Morgan fingerprint density at radius 2 is 1.86 bits per heavy atom. The van der Waals surface area contributed by atoms with Crippen molar-refractivity contribution in [1.82, 2.24) is 0 Å². The van der Waals surface area contributed by atoms with Gasteiger partial charge in [-0.2, -0.15) is 0 Å². The Morgan fingerprint density at radius 3 is 2.67 bits per heavy atom. The van der Waals surface area contributed by atoms with E-state index in [1.165, 1.54) is 31.3 Å². The van der Waals surface area contributed by atoms with E-state index in [1.807, 2.05) is 18.2 Å². The first-order chi connectivity index (χ1) is 10.4. The largest absolute Gasteiger partial charge is 0.454 e. The van der Waals surface area contributed by atoms with Crippen LogP contribution >= 0.6 is 0 Å². The SMILES string of the molecule is ON=C1CCC(C2CCCC2)=C1c1ccc2c(c1)OCO2. The summed E-state index contributed by atoms with van der Waals surface area (Å²) in [5.74, 6) is 2.24. The van der Waals surface area contributed by atoms with Crippen LogP contribution in [0.4, 0.5) is 0 Å². The van der Waals surface area contributed by atoms with Crippen LogP contribution in [0.3, 0.4) is 0 Å². The summed E-state index contributed by atoms with van der Waals surface area (Å²) >= 11 is 0. The number of ether oxygens (including phenoxy) is 2. The predicted octanol–water partition coefficient (Wildman–Crippen LogP) is 3.98. The van der Waals surface area contributed by atoms with E-state index < -0.39 is 0 Å². The zero-order valence-electron chi connectivity index (χ0n) is 12.0. The molecule has 4 heteroatoms. The smallest absolute Gasteiger partial charge is 0.231 e. The Hall–Kier alpha value is -1.97. The molecular weight excluding hydrogens is 266 g/mol. The molecule has 0 bridgehead atoms. The molecule has 1 N–H and O–H groups in total. The van der Waals surface area contributed by atoms with Crippen LogP contribution in [0.1, 0.15) is 44.1 Å². The van der Waals surface area contributed by atoms with E-state index in [2.05, 4.69) is 5.16 Å². The van der Waals surface area contributed by atoms with E-state index in [9.17, 15) is 5.21 Å². The number of hydrogen-bond acceptors (Lipinski definition) is 4. The fourth-order valence-electron chi connectivity index (χ4n) is 3.87. The van der Waals surface area contributed by atoms with Crippen LogP contribution in [0.5, 0.6) is 11.5 Å². The second-order valence-corrected chi connectivity index (χ2v) is 6.00. The number of hydrogen-bond donors (Lipinski definition) is 1. The topological polar surface area (TPSA) is 51.1 Å². The standard InChI is InChI=1S/C17H19NO3/c19-18-14-7-6-13(11-3-1-2-4-11)17(14)12-5-8-15-16(9-12)21-10-20-15/h5,8-9,11,19H,1-4,6-7,10H2. The summed E-state index contributed by atoms with van der Waals surface area (Å²) in [5, 5.41) is 12.9. The zero-order valence-corrected chi connectivity index (χ0v) is 12.0. The van der Waals surface area contributed by atoms with Crippen LogP contribution in [0.15, 0.2) is 28.9 Å². The maximum atomic E-state index is 9.35. The molecular formula is C17H19NO3. The first-order valence-corrected chi connectivity index (χ1v) is 7.71. The molecule has 0 aromatic heterocycles. The van der Waals surface area contributed by atoms with Crippen LogP contribution in [0, 0.1) is 5.92 Å². The molecule has 4 nitrogen and oxygen atoms in total. The lowest BCUT2D eigenvalue weighted by Gasteiger charge is -2.14. The lowest BCUT2D eigenvalue weighted by Crippen LogP contribution is -2.01. The third-order valence-electron chi connectivity index (χ3n) is 4.87. The molecule has 2 aliphatic carbocycles. The Balaban J connectivity index is 1.79. The van der Waals surface area contributed by atoms with Gasteiger partial charge in [-0.1, -0.05) is 29.6 Å². The van der Waals surface area contributed by atoms with Crippen LogP contribution in [0.2, 0.25) is 0 Å². The average molecular weight is 285 g/mol. The fourth-order valence-corrected chi connectivity index (χ4v) is 3.87. The molecule has 1 aromatic carbocycles. The molecule has 0 radical (unpaired) electrons. The highest BCUT2D eigenvalue weighted by atomic mass is 16.7. The van der Waals surface area contributed by atoms with Gasteiger partial charge in [-0.25, -0.2) is 0 Å². The van der Waals surface area contributed by atoms with Crippen molar-refractivity contribution in [1.29, 1.82) is 0 Å². The Bertz CT molecular complexity index is 627. The summed E-state index contributed by atoms with van der Waals surface area (Å²) in [6.45, 7) is 0.286. The summed E-state index contributed by atoms with van der Waals surface area (Å²) in [7, 11) is 0. The monoisotopic (exact) mass is 285 g/mol. The molecule has 0 unspecified atom stereocenters. The molecule has 1 saturated carbocycles. The molecule has 1 heterocycles. The molecule has 1 fully saturated rings. The molecule has 0 spiro atoms. The molecule has 1 aliphatic heterocycles. The van der Waals surface area contributed by atoms with E-state index in [-0.39, 0.29) is 6.79 Å². The third-order valence-corrected chi connectivity index (χ3v) is 4.87. The zero-order chi connectivity index (χ0) is 14.2. The summed E-state index contributed by atoms with van der Waals surface area (Å²) < 4.78 is 10.9. The number of oxime groups is 1. The molecule has 4 rings (SSSR count). The van der Waals surface area contributed by atoms with Crippen molar-refractivity contribution >= 4 is 11.3 Å². The summed E-state index contributed by atoms with van der Waals surface area (Å²) in [6.07, 6.45) is 7.02. The van der Waals surface area contributed by atoms with Gasteiger partial charge in [0.15, 0.2) is 11.5 Å². The van der Waals surface area contributed by atoms with Gasteiger partial charge in [0.2, 0.25) is 6.79 Å². The maximum Gasteiger partial charge on any atom is 0.231 e. The number of nitrogens with zero attached hydrogens (tertiary/aromatic N) is 1. The van der Waals surface area contributed by atoms with Crippen molar-refractivity contribution in [3.63, 3.8) is 0 Å². The van der Waals surface area contributed by atoms with Crippen molar-refractivity contribution < 1.29 is 14.7 Å². The van der Waals surface area contributed by atoms with Gasteiger partial charge in [-0.05, 0) is 49.3 Å². The molecule has 0 atom stereocenters. The molecule has 0 amide bonds. The van der Waals surface area contributed by atoms with Gasteiger partial charge in [0, 0.05) is 5.57 Å². The minimum Gasteiger partial charge on any atom is -0.454 e. The van der Waals surface area contributed by atoms with Crippen molar-refractivity contribution in [3.8, 4) is 11.5 Å². The highest BCUT2D eigenvalue weighted by molar-refractivity contribution is 6.26. The highest BCUT2D eigenvalue weighted by Gasteiger charge is 2.30. The van der Waals surface area contributed by atoms with E-state index in [0.29, 0.717) is 5.92 Å². The van der Waals surface area contributed by atoms with Crippen molar-refractivity contribution in [2.45, 2.75) is 38.5 Å². The van der Waals surface area contributed by atoms with Gasteiger partial charge in [-0.3, -0.25) is 0 Å². The number of rotatable bonds is 2. The van der Waals surface area contributed by atoms with Crippen LogP contribution in [-0.2, 0) is 0 Å². The van der Waals surface area contributed by atoms with Crippen molar-refractivity contribution in [3.05, 3.63) is 29.3 Å². The summed E-state index contributed by atoms with van der Waals surface area (Å²) in [6, 6.07) is 6.02. The fraction of sp³-hybridized carbons (Fsp3) is 0.471. The first kappa shape index (κ1) is 12.7. The summed E-state index contributed by atoms with van der Waals surface area (Å²) in [4.78, 5) is 0. The van der Waals surface area contributed by atoms with Crippen LogP contribution in [-0.4, -0.2) is 17.7 Å². The first-order valence-electron chi connectivity index (χ1n) is 7.71. The van der Waals surface area contributed by atoms with Crippen molar-refractivity contribution in [2.75, 3.05) is 6.79 Å². The van der Waals surface area contributed by atoms with Gasteiger partial charge in [0.25, 0.3) is 0 Å². The second-order valence-electron chi connectivity index (χ2n) is 6.00. The number of benzene rings is 1. The van der Waals surface area contributed by atoms with Gasteiger partial charge < -0.3 is 14.7 Å². The van der Waals surface area contributed by atoms with Gasteiger partial charge >= 0.3 is 0 Å². The Kier molecular flexibility index (Phi) is 3.09. The van der Waals surface area contributed by atoms with E-state index in [4.69, 9.17) is 9.47 Å². The Morgan fingerprint density at radius 1 is 1.05 bits per heavy atom. The second kappa shape index (κ2) is 5.10. The van der Waals surface area contributed by atoms with Gasteiger partial charge in [-0.15, -0.1) is 0 Å². The van der Waals surface area contributed by atoms with Gasteiger partial charge in [0.05, 0.1) is 5.71 Å². The lowest BCUT2D eigenvalue weighted by atomic mass is 9.91. The number of allylic oxidation sites excluding steroid dienone is 2.